The van der Waals surface area contributed by atoms with Crippen molar-refractivity contribution in [3.63, 3.8) is 0 Å². The Balaban J connectivity index is 2.42. The van der Waals surface area contributed by atoms with Crippen molar-refractivity contribution in [3.05, 3.63) is 28.8 Å². The molecule has 23 heavy (non-hydrogen) atoms. The molecule has 0 aliphatic rings. The van der Waals surface area contributed by atoms with E-state index in [0.717, 1.165) is 11.3 Å². The number of carbonyl (C=O) groups is 2. The summed E-state index contributed by atoms with van der Waals surface area (Å²) in [5.74, 6) is 0.232. The molecule has 0 bridgehead atoms. The Morgan fingerprint density at radius 3 is 2.57 bits per heavy atom. The van der Waals surface area contributed by atoms with Crippen LogP contribution in [0, 0.1) is 6.92 Å². The maximum absolute atomic E-state index is 12.2. The minimum absolute atomic E-state index is 0.0236. The third kappa shape index (κ3) is 6.48. The summed E-state index contributed by atoms with van der Waals surface area (Å²) in [6, 6.07) is 5.40. The van der Waals surface area contributed by atoms with Crippen LogP contribution in [-0.4, -0.2) is 43.1 Å². The molecular formula is C17H24ClNO4. The molecule has 0 saturated carbocycles. The van der Waals surface area contributed by atoms with Gasteiger partial charge in [-0.25, -0.2) is 0 Å². The molecule has 0 fully saturated rings. The van der Waals surface area contributed by atoms with Gasteiger partial charge in [-0.15, -0.1) is 0 Å². The minimum atomic E-state index is -0.417. The number of hydrogen-bond donors (Lipinski definition) is 0. The average Bonchev–Trinajstić information content (AvgIpc) is 2.51. The Morgan fingerprint density at radius 1 is 1.30 bits per heavy atom. The van der Waals surface area contributed by atoms with E-state index in [1.807, 2.05) is 26.8 Å². The van der Waals surface area contributed by atoms with E-state index in [2.05, 4.69) is 4.74 Å². The molecule has 0 aliphatic heterocycles. The van der Waals surface area contributed by atoms with Crippen molar-refractivity contribution < 1.29 is 19.1 Å². The molecule has 6 heteroatoms. The van der Waals surface area contributed by atoms with E-state index in [4.69, 9.17) is 16.3 Å². The number of hydrogen-bond acceptors (Lipinski definition) is 4. The molecule has 1 rings (SSSR count). The van der Waals surface area contributed by atoms with Crippen LogP contribution in [0.5, 0.6) is 5.75 Å². The summed E-state index contributed by atoms with van der Waals surface area (Å²) in [5.41, 5.74) is 0.948. The largest absolute Gasteiger partial charge is 0.494 e. The number of amides is 1. The topological polar surface area (TPSA) is 55.8 Å². The lowest BCUT2D eigenvalue weighted by Crippen LogP contribution is -2.41. The number of nitrogens with zero attached hydrogens (tertiary/aromatic N) is 1. The van der Waals surface area contributed by atoms with Gasteiger partial charge >= 0.3 is 5.97 Å². The first-order chi connectivity index (χ1) is 10.8. The third-order valence-electron chi connectivity index (χ3n) is 3.40. The van der Waals surface area contributed by atoms with Gasteiger partial charge in [0.2, 0.25) is 5.91 Å². The van der Waals surface area contributed by atoms with Crippen molar-refractivity contribution in [2.24, 2.45) is 0 Å². The summed E-state index contributed by atoms with van der Waals surface area (Å²) in [4.78, 5) is 25.1. The Kier molecular flexibility index (Phi) is 7.89. The fraction of sp³-hybridized carbons (Fsp3) is 0.529. The Hall–Kier alpha value is -1.75. The number of rotatable bonds is 8. The number of methoxy groups -OCH3 is 1. The molecule has 0 aromatic heterocycles. The number of benzene rings is 1. The monoisotopic (exact) mass is 341 g/mol. The van der Waals surface area contributed by atoms with Crippen molar-refractivity contribution in [1.82, 2.24) is 4.90 Å². The number of ether oxygens (including phenoxy) is 2. The highest BCUT2D eigenvalue weighted by atomic mass is 35.5. The molecule has 0 atom stereocenters. The number of esters is 1. The summed E-state index contributed by atoms with van der Waals surface area (Å²) in [5, 5.41) is 0.697. The second-order valence-corrected chi connectivity index (χ2v) is 5.96. The van der Waals surface area contributed by atoms with Crippen LogP contribution in [0.15, 0.2) is 18.2 Å². The van der Waals surface area contributed by atoms with Crippen molar-refractivity contribution >= 4 is 23.5 Å². The highest BCUT2D eigenvalue weighted by Crippen LogP contribution is 2.21. The lowest BCUT2D eigenvalue weighted by molar-refractivity contribution is -0.148. The van der Waals surface area contributed by atoms with Crippen molar-refractivity contribution in [2.45, 2.75) is 39.7 Å². The molecule has 0 radical (unpaired) electrons. The summed E-state index contributed by atoms with van der Waals surface area (Å²) in [6.45, 7) is 6.05. The summed E-state index contributed by atoms with van der Waals surface area (Å²) in [6.07, 6.45) is 0.895. The zero-order chi connectivity index (χ0) is 17.4. The van der Waals surface area contributed by atoms with E-state index in [1.54, 1.807) is 12.1 Å². The molecule has 0 unspecified atom stereocenters. The van der Waals surface area contributed by atoms with Gasteiger partial charge < -0.3 is 14.4 Å². The molecule has 0 heterocycles. The molecule has 0 spiro atoms. The molecule has 5 nitrogen and oxygen atoms in total. The fourth-order valence-electron chi connectivity index (χ4n) is 2.03. The van der Waals surface area contributed by atoms with Gasteiger partial charge in [0, 0.05) is 17.5 Å². The number of aryl methyl sites for hydroxylation is 1. The quantitative estimate of drug-likeness (QED) is 0.538. The second kappa shape index (κ2) is 9.40. The predicted octanol–water partition coefficient (Wildman–Crippen LogP) is 3.22. The van der Waals surface area contributed by atoms with Gasteiger partial charge in [-0.2, -0.15) is 0 Å². The van der Waals surface area contributed by atoms with Crippen molar-refractivity contribution in [3.8, 4) is 5.75 Å². The van der Waals surface area contributed by atoms with E-state index < -0.39 is 5.97 Å². The molecule has 1 amide bonds. The van der Waals surface area contributed by atoms with Gasteiger partial charge in [0.1, 0.15) is 12.3 Å². The lowest BCUT2D eigenvalue weighted by atomic mass is 10.2. The van der Waals surface area contributed by atoms with E-state index in [9.17, 15) is 9.59 Å². The van der Waals surface area contributed by atoms with Gasteiger partial charge in [-0.05, 0) is 51.0 Å². The van der Waals surface area contributed by atoms with Crippen LogP contribution in [0.3, 0.4) is 0 Å². The van der Waals surface area contributed by atoms with Crippen LogP contribution < -0.4 is 4.74 Å². The zero-order valence-corrected chi connectivity index (χ0v) is 14.9. The molecule has 0 N–H and O–H groups in total. The van der Waals surface area contributed by atoms with E-state index in [0.29, 0.717) is 24.5 Å². The van der Waals surface area contributed by atoms with Crippen LogP contribution in [0.2, 0.25) is 5.02 Å². The molecular weight excluding hydrogens is 318 g/mol. The standard InChI is InChI=1S/C17H24ClNO4/c1-12(2)19(11-17(21)22-4)16(20)6-5-9-23-14-7-8-15(18)13(3)10-14/h7-8,10,12H,5-6,9,11H2,1-4H3. The highest BCUT2D eigenvalue weighted by molar-refractivity contribution is 6.31. The van der Waals surface area contributed by atoms with Crippen molar-refractivity contribution in [1.29, 1.82) is 0 Å². The lowest BCUT2D eigenvalue weighted by Gasteiger charge is -2.25. The normalized spacial score (nSPS) is 10.5. The molecule has 0 saturated heterocycles. The van der Waals surface area contributed by atoms with E-state index in [1.165, 1.54) is 12.0 Å². The first-order valence-corrected chi connectivity index (χ1v) is 7.98. The van der Waals surface area contributed by atoms with Gasteiger partial charge in [0.05, 0.1) is 13.7 Å². The first kappa shape index (κ1) is 19.3. The zero-order valence-electron chi connectivity index (χ0n) is 14.1. The summed E-state index contributed by atoms with van der Waals surface area (Å²) < 4.78 is 10.2. The molecule has 1 aromatic carbocycles. The minimum Gasteiger partial charge on any atom is -0.494 e. The Morgan fingerprint density at radius 2 is 2.00 bits per heavy atom. The van der Waals surface area contributed by atoms with Crippen LogP contribution in [0.1, 0.15) is 32.3 Å². The number of carbonyl (C=O) groups excluding carboxylic acids is 2. The predicted molar refractivity (Wildman–Crippen MR) is 89.8 cm³/mol. The highest BCUT2D eigenvalue weighted by Gasteiger charge is 2.19. The smallest absolute Gasteiger partial charge is 0.325 e. The van der Waals surface area contributed by atoms with Crippen LogP contribution in [0.4, 0.5) is 0 Å². The maximum atomic E-state index is 12.2. The van der Waals surface area contributed by atoms with Gasteiger partial charge in [-0.3, -0.25) is 9.59 Å². The summed E-state index contributed by atoms with van der Waals surface area (Å²) >= 11 is 5.96. The van der Waals surface area contributed by atoms with Gasteiger partial charge in [0.15, 0.2) is 0 Å². The maximum Gasteiger partial charge on any atom is 0.325 e. The Labute approximate surface area is 142 Å². The molecule has 128 valence electrons. The van der Waals surface area contributed by atoms with E-state index in [-0.39, 0.29) is 18.5 Å². The number of halogens is 1. The third-order valence-corrected chi connectivity index (χ3v) is 3.83. The SMILES string of the molecule is COC(=O)CN(C(=O)CCCOc1ccc(Cl)c(C)c1)C(C)C. The van der Waals surface area contributed by atoms with Gasteiger partial charge in [0.25, 0.3) is 0 Å². The van der Waals surface area contributed by atoms with E-state index >= 15 is 0 Å². The fourth-order valence-corrected chi connectivity index (χ4v) is 2.14. The van der Waals surface area contributed by atoms with Crippen LogP contribution in [0.25, 0.3) is 0 Å². The van der Waals surface area contributed by atoms with Crippen LogP contribution in [-0.2, 0) is 14.3 Å². The molecule has 0 aliphatic carbocycles. The Bertz CT molecular complexity index is 545. The second-order valence-electron chi connectivity index (χ2n) is 5.55. The van der Waals surface area contributed by atoms with Crippen molar-refractivity contribution in [2.75, 3.05) is 20.3 Å². The molecule has 1 aromatic rings. The average molecular weight is 342 g/mol. The van der Waals surface area contributed by atoms with Gasteiger partial charge in [-0.1, -0.05) is 11.6 Å². The summed E-state index contributed by atoms with van der Waals surface area (Å²) in [7, 11) is 1.31. The van der Waals surface area contributed by atoms with Crippen LogP contribution >= 0.6 is 11.6 Å². The first-order valence-electron chi connectivity index (χ1n) is 7.60.